The van der Waals surface area contributed by atoms with Crippen molar-refractivity contribution in [2.45, 2.75) is 12.6 Å². The molecule has 28 heavy (non-hydrogen) atoms. The number of benzene rings is 2. The first kappa shape index (κ1) is 17.0. The summed E-state index contributed by atoms with van der Waals surface area (Å²) in [5, 5.41) is 3.66. The molecule has 0 fully saturated rings. The average Bonchev–Trinajstić information content (AvgIpc) is 3.36. The van der Waals surface area contributed by atoms with Gasteiger partial charge in [-0.15, -0.1) is 0 Å². The topological polar surface area (TPSA) is 55.7 Å². The molecule has 0 unspecified atom stereocenters. The average molecular weight is 396 g/mol. The molecule has 7 heteroatoms. The van der Waals surface area contributed by atoms with Gasteiger partial charge in [0.15, 0.2) is 11.5 Å². The lowest BCUT2D eigenvalue weighted by molar-refractivity contribution is 0.174. The van der Waals surface area contributed by atoms with Gasteiger partial charge in [-0.3, -0.25) is 0 Å². The Morgan fingerprint density at radius 3 is 2.71 bits per heavy atom. The van der Waals surface area contributed by atoms with Gasteiger partial charge in [-0.05, 0) is 42.0 Å². The number of nitrogens with one attached hydrogen (secondary N) is 1. The predicted molar refractivity (Wildman–Crippen MR) is 106 cm³/mol. The fourth-order valence-electron chi connectivity index (χ4n) is 3.77. The lowest BCUT2D eigenvalue weighted by Gasteiger charge is -2.37. The van der Waals surface area contributed by atoms with E-state index in [9.17, 15) is 4.79 Å². The molecule has 1 aromatic heterocycles. The number of halogens is 1. The summed E-state index contributed by atoms with van der Waals surface area (Å²) in [7, 11) is 0. The van der Waals surface area contributed by atoms with Crippen LogP contribution in [0.5, 0.6) is 11.5 Å². The quantitative estimate of drug-likeness (QED) is 0.694. The Labute approximate surface area is 167 Å². The van der Waals surface area contributed by atoms with Crippen molar-refractivity contribution in [2.24, 2.45) is 0 Å². The summed E-state index contributed by atoms with van der Waals surface area (Å²) in [4.78, 5) is 15.0. The Bertz CT molecular complexity index is 1030. The summed E-state index contributed by atoms with van der Waals surface area (Å²) in [6, 6.07) is 16.8. The Hall–Kier alpha value is -3.12. The number of rotatable bonds is 2. The zero-order valence-corrected chi connectivity index (χ0v) is 15.7. The third-order valence-electron chi connectivity index (χ3n) is 5.11. The van der Waals surface area contributed by atoms with Crippen LogP contribution in [0.3, 0.4) is 0 Å². The molecule has 3 heterocycles. The summed E-state index contributed by atoms with van der Waals surface area (Å²) in [5.41, 5.74) is 2.77. The van der Waals surface area contributed by atoms with Crippen molar-refractivity contribution >= 4 is 23.3 Å². The summed E-state index contributed by atoms with van der Waals surface area (Å²) in [6.45, 7) is 1.56. The number of anilines is 1. The normalized spacial score (nSPS) is 17.3. The molecule has 2 aromatic carbocycles. The first-order valence-corrected chi connectivity index (χ1v) is 9.44. The third-order valence-corrected chi connectivity index (χ3v) is 5.36. The fraction of sp³-hybridized carbons (Fsp3) is 0.190. The van der Waals surface area contributed by atoms with Crippen molar-refractivity contribution in [3.63, 3.8) is 0 Å². The molecular weight excluding hydrogens is 378 g/mol. The molecular formula is C21H18ClN3O3. The van der Waals surface area contributed by atoms with E-state index >= 15 is 0 Å². The van der Waals surface area contributed by atoms with E-state index < -0.39 is 0 Å². The molecule has 2 aliphatic rings. The van der Waals surface area contributed by atoms with Crippen molar-refractivity contribution < 1.29 is 14.3 Å². The van der Waals surface area contributed by atoms with Gasteiger partial charge in [0.2, 0.25) is 6.79 Å². The van der Waals surface area contributed by atoms with Crippen molar-refractivity contribution in [3.05, 3.63) is 77.1 Å². The molecule has 0 aliphatic carbocycles. The number of hydrogen-bond donors (Lipinski definition) is 1. The van der Waals surface area contributed by atoms with Crippen LogP contribution >= 0.6 is 11.6 Å². The largest absolute Gasteiger partial charge is 0.454 e. The molecule has 0 bridgehead atoms. The maximum absolute atomic E-state index is 13.2. The Kier molecular flexibility index (Phi) is 4.13. The Morgan fingerprint density at radius 2 is 1.86 bits per heavy atom. The number of hydrogen-bond acceptors (Lipinski definition) is 3. The SMILES string of the molecule is O=C(Nc1ccc2c(c1)OCO2)N1CCn2cccc2[C@H]1c1ccc(Cl)cc1. The van der Waals surface area contributed by atoms with E-state index in [2.05, 4.69) is 16.0 Å². The van der Waals surface area contributed by atoms with Gasteiger partial charge in [0.1, 0.15) is 0 Å². The number of carbonyl (C=O) groups is 1. The second-order valence-corrected chi connectivity index (χ2v) is 7.21. The zero-order chi connectivity index (χ0) is 19.1. The van der Waals surface area contributed by atoms with Crippen LogP contribution in [0.1, 0.15) is 17.3 Å². The lowest BCUT2D eigenvalue weighted by atomic mass is 10.0. The fourth-order valence-corrected chi connectivity index (χ4v) is 3.89. The minimum Gasteiger partial charge on any atom is -0.454 e. The smallest absolute Gasteiger partial charge is 0.322 e. The van der Waals surface area contributed by atoms with E-state index in [1.807, 2.05) is 47.5 Å². The zero-order valence-electron chi connectivity index (χ0n) is 15.0. The number of carbonyl (C=O) groups excluding carboxylic acids is 1. The van der Waals surface area contributed by atoms with E-state index in [1.54, 1.807) is 12.1 Å². The maximum Gasteiger partial charge on any atom is 0.322 e. The van der Waals surface area contributed by atoms with Gasteiger partial charge in [-0.2, -0.15) is 0 Å². The second-order valence-electron chi connectivity index (χ2n) is 6.77. The first-order valence-electron chi connectivity index (χ1n) is 9.07. The highest BCUT2D eigenvalue weighted by atomic mass is 35.5. The van der Waals surface area contributed by atoms with E-state index in [4.69, 9.17) is 21.1 Å². The van der Waals surface area contributed by atoms with Gasteiger partial charge in [0.05, 0.1) is 6.04 Å². The van der Waals surface area contributed by atoms with Gasteiger partial charge in [0, 0.05) is 41.8 Å². The van der Waals surface area contributed by atoms with Gasteiger partial charge in [-0.1, -0.05) is 23.7 Å². The van der Waals surface area contributed by atoms with Crippen LogP contribution in [-0.4, -0.2) is 28.8 Å². The van der Waals surface area contributed by atoms with Crippen molar-refractivity contribution in [2.75, 3.05) is 18.7 Å². The molecule has 2 amide bonds. The molecule has 0 saturated heterocycles. The Balaban J connectivity index is 1.45. The van der Waals surface area contributed by atoms with Crippen molar-refractivity contribution in [1.29, 1.82) is 0 Å². The van der Waals surface area contributed by atoms with Gasteiger partial charge >= 0.3 is 6.03 Å². The maximum atomic E-state index is 13.2. The lowest BCUT2D eigenvalue weighted by Crippen LogP contribution is -2.44. The van der Waals surface area contributed by atoms with Crippen LogP contribution in [0.15, 0.2) is 60.8 Å². The van der Waals surface area contributed by atoms with Crippen LogP contribution in [0.25, 0.3) is 0 Å². The molecule has 3 aromatic rings. The van der Waals surface area contributed by atoms with Crippen LogP contribution in [-0.2, 0) is 6.54 Å². The molecule has 5 rings (SSSR count). The molecule has 142 valence electrons. The molecule has 1 N–H and O–H groups in total. The van der Waals surface area contributed by atoms with E-state index in [0.29, 0.717) is 28.8 Å². The van der Waals surface area contributed by atoms with Crippen LogP contribution in [0.4, 0.5) is 10.5 Å². The highest BCUT2D eigenvalue weighted by Gasteiger charge is 2.32. The number of nitrogens with zero attached hydrogens (tertiary/aromatic N) is 2. The highest BCUT2D eigenvalue weighted by molar-refractivity contribution is 6.30. The van der Waals surface area contributed by atoms with Gasteiger partial charge < -0.3 is 24.3 Å². The Morgan fingerprint density at radius 1 is 1.04 bits per heavy atom. The monoisotopic (exact) mass is 395 g/mol. The third kappa shape index (κ3) is 2.96. The summed E-state index contributed by atoms with van der Waals surface area (Å²) < 4.78 is 12.9. The summed E-state index contributed by atoms with van der Waals surface area (Å²) >= 11 is 6.06. The van der Waals surface area contributed by atoms with Gasteiger partial charge in [0.25, 0.3) is 0 Å². The van der Waals surface area contributed by atoms with E-state index in [1.165, 1.54) is 0 Å². The van der Waals surface area contributed by atoms with E-state index in [0.717, 1.165) is 17.8 Å². The molecule has 0 saturated carbocycles. The summed E-state index contributed by atoms with van der Waals surface area (Å²) in [5.74, 6) is 1.33. The van der Waals surface area contributed by atoms with Crippen LogP contribution in [0, 0.1) is 0 Å². The number of amides is 2. The van der Waals surface area contributed by atoms with Crippen LogP contribution in [0.2, 0.25) is 5.02 Å². The minimum absolute atomic E-state index is 0.161. The van der Waals surface area contributed by atoms with E-state index in [-0.39, 0.29) is 18.9 Å². The predicted octanol–water partition coefficient (Wildman–Crippen LogP) is 4.51. The van der Waals surface area contributed by atoms with Crippen molar-refractivity contribution in [1.82, 2.24) is 9.47 Å². The minimum atomic E-state index is -0.185. The standard InChI is InChI=1S/C21H18ClN3O3/c22-15-5-3-14(4-6-15)20-17-2-1-9-24(17)10-11-25(20)21(26)23-16-7-8-18-19(12-16)28-13-27-18/h1-9,12,20H,10-11,13H2,(H,23,26)/t20-/m1/s1. The highest BCUT2D eigenvalue weighted by Crippen LogP contribution is 2.36. The van der Waals surface area contributed by atoms with Crippen LogP contribution < -0.4 is 14.8 Å². The van der Waals surface area contributed by atoms with Gasteiger partial charge in [-0.25, -0.2) is 4.79 Å². The first-order chi connectivity index (χ1) is 13.7. The second kappa shape index (κ2) is 6.80. The van der Waals surface area contributed by atoms with Crippen molar-refractivity contribution in [3.8, 4) is 11.5 Å². The number of fused-ring (bicyclic) bond motifs is 2. The number of ether oxygens (including phenoxy) is 2. The molecule has 0 radical (unpaired) electrons. The molecule has 2 aliphatic heterocycles. The molecule has 0 spiro atoms. The molecule has 1 atom stereocenters. The number of urea groups is 1. The number of aromatic nitrogens is 1. The molecule has 6 nitrogen and oxygen atoms in total. The summed E-state index contributed by atoms with van der Waals surface area (Å²) in [6.07, 6.45) is 2.05.